The molecule has 19 heavy (non-hydrogen) atoms. The molecule has 0 unspecified atom stereocenters. The smallest absolute Gasteiger partial charge is 0.132 e. The van der Waals surface area contributed by atoms with Gasteiger partial charge in [0.05, 0.1) is 0 Å². The number of benzene rings is 1. The van der Waals surface area contributed by atoms with E-state index in [-0.39, 0.29) is 30.9 Å². The summed E-state index contributed by atoms with van der Waals surface area (Å²) >= 11 is 0. The fourth-order valence-electron chi connectivity index (χ4n) is 2.27. The molecule has 0 spiro atoms. The number of hydrogen-bond acceptors (Lipinski definition) is 3. The summed E-state index contributed by atoms with van der Waals surface area (Å²) in [5, 5.41) is 5.74. The summed E-state index contributed by atoms with van der Waals surface area (Å²) in [6.07, 6.45) is 4.99. The van der Waals surface area contributed by atoms with Gasteiger partial charge in [0.2, 0.25) is 0 Å². The summed E-state index contributed by atoms with van der Waals surface area (Å²) in [7, 11) is 0. The molecule has 1 aliphatic heterocycles. The van der Waals surface area contributed by atoms with Crippen molar-refractivity contribution in [3.63, 3.8) is 0 Å². The van der Waals surface area contributed by atoms with Gasteiger partial charge in [0.25, 0.3) is 0 Å². The Hall–Kier alpha value is -1.03. The molecule has 0 aliphatic carbocycles. The maximum Gasteiger partial charge on any atom is 0.132 e. The van der Waals surface area contributed by atoms with Crippen LogP contribution in [0.2, 0.25) is 0 Å². The third-order valence-electron chi connectivity index (χ3n) is 3.28. The van der Waals surface area contributed by atoms with Gasteiger partial charge in [-0.25, -0.2) is 0 Å². The van der Waals surface area contributed by atoms with E-state index in [1.165, 1.54) is 10.9 Å². The highest BCUT2D eigenvalue weighted by Gasteiger charge is 2.17. The number of aromatic nitrogens is 1. The van der Waals surface area contributed by atoms with E-state index in [4.69, 9.17) is 4.74 Å². The van der Waals surface area contributed by atoms with E-state index in [1.54, 1.807) is 0 Å². The normalized spacial score (nSPS) is 17.4. The maximum atomic E-state index is 6.13. The lowest BCUT2D eigenvalue weighted by Gasteiger charge is -2.16. The summed E-state index contributed by atoms with van der Waals surface area (Å²) in [4.78, 5) is 4.15. The number of rotatable bonds is 1. The van der Waals surface area contributed by atoms with Gasteiger partial charge < -0.3 is 10.1 Å². The van der Waals surface area contributed by atoms with E-state index >= 15 is 0 Å². The van der Waals surface area contributed by atoms with Gasteiger partial charge in [-0.15, -0.1) is 24.8 Å². The lowest BCUT2D eigenvalue weighted by molar-refractivity contribution is 0.204. The molecule has 1 atom stereocenters. The molecule has 3 nitrogen and oxygen atoms in total. The largest absolute Gasteiger partial charge is 0.488 e. The Morgan fingerprint density at radius 1 is 1.32 bits per heavy atom. The maximum absolute atomic E-state index is 6.13. The molecule has 104 valence electrons. The van der Waals surface area contributed by atoms with Crippen LogP contribution >= 0.6 is 24.8 Å². The Kier molecular flexibility index (Phi) is 5.85. The van der Waals surface area contributed by atoms with Crippen LogP contribution in [0.4, 0.5) is 0 Å². The third-order valence-corrected chi connectivity index (χ3v) is 3.28. The fourth-order valence-corrected chi connectivity index (χ4v) is 2.27. The zero-order chi connectivity index (χ0) is 11.7. The van der Waals surface area contributed by atoms with E-state index in [1.807, 2.05) is 18.5 Å². The summed E-state index contributed by atoms with van der Waals surface area (Å²) in [6, 6.07) is 6.27. The minimum atomic E-state index is 0. The third kappa shape index (κ3) is 3.11. The van der Waals surface area contributed by atoms with Crippen LogP contribution in [0, 0.1) is 0 Å². The molecule has 3 rings (SSSR count). The van der Waals surface area contributed by atoms with Gasteiger partial charge in [-0.3, -0.25) is 4.98 Å². The topological polar surface area (TPSA) is 34.2 Å². The highest BCUT2D eigenvalue weighted by molar-refractivity contribution is 5.88. The number of pyridine rings is 1. The van der Waals surface area contributed by atoms with Crippen molar-refractivity contribution >= 4 is 35.6 Å². The van der Waals surface area contributed by atoms with Crippen molar-refractivity contribution in [1.82, 2.24) is 10.3 Å². The Morgan fingerprint density at radius 2 is 2.16 bits per heavy atom. The van der Waals surface area contributed by atoms with Gasteiger partial charge in [-0.2, -0.15) is 0 Å². The molecule has 0 saturated heterocycles. The molecule has 1 N–H and O–H groups in total. The predicted molar refractivity (Wildman–Crippen MR) is 82.7 cm³/mol. The van der Waals surface area contributed by atoms with Crippen molar-refractivity contribution in [3.8, 4) is 5.75 Å². The molecule has 2 aromatic rings. The van der Waals surface area contributed by atoms with E-state index in [2.05, 4.69) is 29.4 Å². The molecular formula is C14H18Cl2N2O. The van der Waals surface area contributed by atoms with Crippen molar-refractivity contribution in [3.05, 3.63) is 36.2 Å². The molecule has 1 aromatic carbocycles. The van der Waals surface area contributed by atoms with Crippen molar-refractivity contribution in [2.75, 3.05) is 6.54 Å². The lowest BCUT2D eigenvalue weighted by Crippen LogP contribution is -2.27. The van der Waals surface area contributed by atoms with Crippen LogP contribution < -0.4 is 10.1 Å². The minimum Gasteiger partial charge on any atom is -0.488 e. The van der Waals surface area contributed by atoms with Crippen LogP contribution in [0.3, 0.4) is 0 Å². The zero-order valence-corrected chi connectivity index (χ0v) is 12.4. The fraction of sp³-hybridized carbons (Fsp3) is 0.357. The van der Waals surface area contributed by atoms with Crippen LogP contribution in [0.5, 0.6) is 5.75 Å². The van der Waals surface area contributed by atoms with Crippen molar-refractivity contribution in [1.29, 1.82) is 0 Å². The van der Waals surface area contributed by atoms with E-state index in [0.29, 0.717) is 0 Å². The molecule has 0 bridgehead atoms. The molecule has 0 fully saturated rings. The Morgan fingerprint density at radius 3 is 2.95 bits per heavy atom. The molecule has 1 aliphatic rings. The highest BCUT2D eigenvalue weighted by atomic mass is 35.5. The van der Waals surface area contributed by atoms with Gasteiger partial charge in [-0.05, 0) is 12.5 Å². The van der Waals surface area contributed by atoms with Crippen LogP contribution in [-0.4, -0.2) is 17.6 Å². The number of fused-ring (bicyclic) bond motifs is 3. The van der Waals surface area contributed by atoms with Crippen LogP contribution in [0.1, 0.15) is 18.9 Å². The van der Waals surface area contributed by atoms with Gasteiger partial charge in [0.15, 0.2) is 0 Å². The van der Waals surface area contributed by atoms with Crippen molar-refractivity contribution in [2.45, 2.75) is 26.0 Å². The van der Waals surface area contributed by atoms with Crippen LogP contribution in [0.15, 0.2) is 30.6 Å². The standard InChI is InChI=1S/C14H16N2O.2ClH/c1-2-12-9-16-8-11-4-3-10-7-15-6-5-13(10)14(11)17-12;;/h3-7,12,16H,2,8-9H2,1H3;2*1H/t12-;;/m1../s1. The Labute approximate surface area is 125 Å². The van der Waals surface area contributed by atoms with Crippen LogP contribution in [0.25, 0.3) is 10.8 Å². The van der Waals surface area contributed by atoms with E-state index in [9.17, 15) is 0 Å². The second-order valence-corrected chi connectivity index (χ2v) is 4.43. The Bertz CT molecular complexity index is 548. The number of halogens is 2. The SMILES string of the molecule is CC[C@@H]1CNCc2ccc3cnccc3c2O1.Cl.Cl. The molecule has 5 heteroatoms. The quantitative estimate of drug-likeness (QED) is 0.877. The number of nitrogens with zero attached hydrogens (tertiary/aromatic N) is 1. The molecule has 0 amide bonds. The molecule has 1 aromatic heterocycles. The second-order valence-electron chi connectivity index (χ2n) is 4.43. The lowest BCUT2D eigenvalue weighted by atomic mass is 10.1. The summed E-state index contributed by atoms with van der Waals surface area (Å²) in [6.45, 7) is 3.95. The second kappa shape index (κ2) is 6.94. The summed E-state index contributed by atoms with van der Waals surface area (Å²) in [5.41, 5.74) is 1.24. The first-order valence-corrected chi connectivity index (χ1v) is 6.11. The average Bonchev–Trinajstić information content (AvgIpc) is 2.60. The Balaban J connectivity index is 0.000000902. The van der Waals surface area contributed by atoms with Gasteiger partial charge in [0.1, 0.15) is 11.9 Å². The first kappa shape index (κ1) is 16.0. The molecular weight excluding hydrogens is 283 g/mol. The first-order chi connectivity index (χ1) is 8.38. The van der Waals surface area contributed by atoms with Crippen molar-refractivity contribution in [2.24, 2.45) is 0 Å². The zero-order valence-electron chi connectivity index (χ0n) is 10.8. The first-order valence-electron chi connectivity index (χ1n) is 6.11. The average molecular weight is 301 g/mol. The summed E-state index contributed by atoms with van der Waals surface area (Å²) < 4.78 is 6.13. The van der Waals surface area contributed by atoms with Gasteiger partial charge in [-0.1, -0.05) is 19.1 Å². The monoisotopic (exact) mass is 300 g/mol. The number of ether oxygens (including phenoxy) is 1. The van der Waals surface area contributed by atoms with E-state index < -0.39 is 0 Å². The van der Waals surface area contributed by atoms with Crippen LogP contribution in [-0.2, 0) is 6.54 Å². The molecule has 0 saturated carbocycles. The molecule has 0 radical (unpaired) electrons. The summed E-state index contributed by atoms with van der Waals surface area (Å²) in [5.74, 6) is 1.03. The molecule has 2 heterocycles. The van der Waals surface area contributed by atoms with Crippen molar-refractivity contribution < 1.29 is 4.74 Å². The van der Waals surface area contributed by atoms with Gasteiger partial charge >= 0.3 is 0 Å². The minimum absolute atomic E-state index is 0. The predicted octanol–water partition coefficient (Wildman–Crippen LogP) is 3.34. The van der Waals surface area contributed by atoms with E-state index in [0.717, 1.165) is 30.6 Å². The van der Waals surface area contributed by atoms with Gasteiger partial charge in [0, 0.05) is 41.8 Å². The number of nitrogens with one attached hydrogen (secondary N) is 1. The highest BCUT2D eigenvalue weighted by Crippen LogP contribution is 2.31. The number of hydrogen-bond donors (Lipinski definition) is 1.